The smallest absolute Gasteiger partial charge is 0.136 e. The van der Waals surface area contributed by atoms with Crippen molar-refractivity contribution >= 4 is 5.78 Å². The van der Waals surface area contributed by atoms with Crippen LogP contribution in [0.3, 0.4) is 0 Å². The number of ketones is 1. The summed E-state index contributed by atoms with van der Waals surface area (Å²) in [6, 6.07) is 0. The van der Waals surface area contributed by atoms with Crippen LogP contribution in [-0.4, -0.2) is 5.78 Å². The Balaban J connectivity index is 3.14. The fourth-order valence-electron chi connectivity index (χ4n) is 3.49. The average molecular weight is 182 g/mol. The molecule has 2 atom stereocenters. The van der Waals surface area contributed by atoms with Gasteiger partial charge in [-0.25, -0.2) is 0 Å². The van der Waals surface area contributed by atoms with Crippen LogP contribution >= 0.6 is 0 Å². The van der Waals surface area contributed by atoms with Crippen LogP contribution in [0.1, 0.15) is 48.5 Å². The number of carbonyl (C=O) groups excluding carboxylic acids is 1. The van der Waals surface area contributed by atoms with E-state index in [9.17, 15) is 4.79 Å². The molecule has 0 amide bonds. The zero-order valence-electron chi connectivity index (χ0n) is 9.99. The molecule has 0 heterocycles. The first kappa shape index (κ1) is 10.7. The summed E-state index contributed by atoms with van der Waals surface area (Å²) in [5, 5.41) is 0. The van der Waals surface area contributed by atoms with Crippen LogP contribution in [0, 0.1) is 22.2 Å². The Labute approximate surface area is 81.9 Å². The average Bonchev–Trinajstić information content (AvgIpc) is 2.32. The molecule has 0 saturated heterocycles. The first-order valence-electron chi connectivity index (χ1n) is 5.15. The highest BCUT2D eigenvalue weighted by Gasteiger charge is 2.79. The van der Waals surface area contributed by atoms with Gasteiger partial charge in [-0.2, -0.15) is 0 Å². The molecule has 0 aromatic heterocycles. The molecule has 1 heteroatoms. The molecule has 0 spiro atoms. The van der Waals surface area contributed by atoms with E-state index in [0.717, 1.165) is 0 Å². The van der Waals surface area contributed by atoms with Crippen molar-refractivity contribution in [2.24, 2.45) is 22.2 Å². The zero-order valence-corrected chi connectivity index (χ0v) is 9.99. The molecule has 1 nitrogen and oxygen atoms in total. The second-order valence-electron chi connectivity index (χ2n) is 5.66. The lowest BCUT2D eigenvalue weighted by molar-refractivity contribution is -0.123. The Kier molecular flexibility index (Phi) is 1.96. The van der Waals surface area contributed by atoms with E-state index in [0.29, 0.717) is 11.7 Å². The summed E-state index contributed by atoms with van der Waals surface area (Å²) < 4.78 is 0. The third kappa shape index (κ3) is 0.812. The van der Waals surface area contributed by atoms with E-state index < -0.39 is 0 Å². The lowest BCUT2D eigenvalue weighted by Crippen LogP contribution is -2.20. The van der Waals surface area contributed by atoms with Gasteiger partial charge in [0.25, 0.3) is 0 Å². The van der Waals surface area contributed by atoms with Crippen LogP contribution in [0.15, 0.2) is 0 Å². The first-order chi connectivity index (χ1) is 5.64. The lowest BCUT2D eigenvalue weighted by atomic mass is 9.83. The summed E-state index contributed by atoms with van der Waals surface area (Å²) in [7, 11) is 0. The third-order valence-corrected chi connectivity index (χ3v) is 5.38. The molecule has 76 valence electrons. The van der Waals surface area contributed by atoms with Gasteiger partial charge < -0.3 is 0 Å². The molecule has 0 bridgehead atoms. The molecule has 1 fully saturated rings. The standard InChI is InChI=1S/C12H22O/c1-8(2)11(6)10(4,5)12(11,7)9(3)13/h8H,1-7H3. The summed E-state index contributed by atoms with van der Waals surface area (Å²) in [5.74, 6) is 0.908. The van der Waals surface area contributed by atoms with Crippen LogP contribution in [0.25, 0.3) is 0 Å². The van der Waals surface area contributed by atoms with Gasteiger partial charge in [0.15, 0.2) is 0 Å². The molecule has 0 aliphatic heterocycles. The van der Waals surface area contributed by atoms with Gasteiger partial charge in [-0.1, -0.05) is 41.5 Å². The van der Waals surface area contributed by atoms with E-state index in [1.54, 1.807) is 6.92 Å². The molecule has 1 rings (SSSR count). The maximum Gasteiger partial charge on any atom is 0.136 e. The second-order valence-corrected chi connectivity index (χ2v) is 5.66. The van der Waals surface area contributed by atoms with E-state index in [-0.39, 0.29) is 16.2 Å². The molecule has 13 heavy (non-hydrogen) atoms. The minimum atomic E-state index is -0.117. The van der Waals surface area contributed by atoms with Gasteiger partial charge in [-0.15, -0.1) is 0 Å². The van der Waals surface area contributed by atoms with Crippen molar-refractivity contribution in [1.82, 2.24) is 0 Å². The van der Waals surface area contributed by atoms with E-state index in [1.807, 2.05) is 0 Å². The Morgan fingerprint density at radius 1 is 1.08 bits per heavy atom. The minimum absolute atomic E-state index is 0.117. The van der Waals surface area contributed by atoms with Crippen LogP contribution in [-0.2, 0) is 4.79 Å². The van der Waals surface area contributed by atoms with Gasteiger partial charge in [0.1, 0.15) is 5.78 Å². The predicted octanol–water partition coefficient (Wildman–Crippen LogP) is 3.28. The molecule has 2 unspecified atom stereocenters. The van der Waals surface area contributed by atoms with Crippen LogP contribution in [0.4, 0.5) is 0 Å². The fourth-order valence-corrected chi connectivity index (χ4v) is 3.49. The molecular formula is C12H22O. The number of hydrogen-bond acceptors (Lipinski definition) is 1. The lowest BCUT2D eigenvalue weighted by Gasteiger charge is -2.20. The van der Waals surface area contributed by atoms with E-state index >= 15 is 0 Å². The third-order valence-electron chi connectivity index (χ3n) is 5.38. The van der Waals surface area contributed by atoms with Crippen molar-refractivity contribution in [2.45, 2.75) is 48.5 Å². The quantitative estimate of drug-likeness (QED) is 0.640. The van der Waals surface area contributed by atoms with Gasteiger partial charge in [0.2, 0.25) is 0 Å². The summed E-state index contributed by atoms with van der Waals surface area (Å²) >= 11 is 0. The van der Waals surface area contributed by atoms with Gasteiger partial charge in [-0.05, 0) is 23.7 Å². The molecule has 0 aromatic rings. The van der Waals surface area contributed by atoms with Crippen molar-refractivity contribution in [3.8, 4) is 0 Å². The predicted molar refractivity (Wildman–Crippen MR) is 55.5 cm³/mol. The van der Waals surface area contributed by atoms with E-state index in [1.165, 1.54) is 0 Å². The number of carbonyl (C=O) groups is 1. The first-order valence-corrected chi connectivity index (χ1v) is 5.15. The molecule has 0 aromatic carbocycles. The molecule has 1 aliphatic carbocycles. The van der Waals surface area contributed by atoms with Crippen molar-refractivity contribution in [3.63, 3.8) is 0 Å². The van der Waals surface area contributed by atoms with Gasteiger partial charge in [0.05, 0.1) is 0 Å². The molecular weight excluding hydrogens is 160 g/mol. The Morgan fingerprint density at radius 3 is 1.54 bits per heavy atom. The Bertz CT molecular complexity index is 252. The largest absolute Gasteiger partial charge is 0.299 e. The van der Waals surface area contributed by atoms with Gasteiger partial charge >= 0.3 is 0 Å². The SMILES string of the molecule is CC(=O)C1(C)C(C)(C)C1(C)C(C)C. The number of Topliss-reactive ketones (excluding diaryl/α,β-unsaturated/α-hetero) is 1. The highest BCUT2D eigenvalue weighted by molar-refractivity contribution is 5.88. The molecule has 0 N–H and O–H groups in total. The Morgan fingerprint density at radius 2 is 1.46 bits per heavy atom. The summed E-state index contributed by atoms with van der Waals surface area (Å²) in [6.07, 6.45) is 0. The van der Waals surface area contributed by atoms with Crippen molar-refractivity contribution in [2.75, 3.05) is 0 Å². The Hall–Kier alpha value is -0.330. The number of hydrogen-bond donors (Lipinski definition) is 0. The summed E-state index contributed by atoms with van der Waals surface area (Å²) in [4.78, 5) is 11.7. The van der Waals surface area contributed by atoms with Crippen LogP contribution in [0.5, 0.6) is 0 Å². The van der Waals surface area contributed by atoms with Gasteiger partial charge in [0, 0.05) is 5.41 Å². The zero-order chi connectivity index (χ0) is 10.7. The van der Waals surface area contributed by atoms with Crippen molar-refractivity contribution < 1.29 is 4.79 Å². The maximum absolute atomic E-state index is 11.7. The molecule has 0 radical (unpaired) electrons. The highest BCUT2D eigenvalue weighted by Crippen LogP contribution is 2.80. The normalized spacial score (nSPS) is 42.2. The number of rotatable bonds is 2. The molecule has 1 aliphatic rings. The van der Waals surface area contributed by atoms with Crippen molar-refractivity contribution in [3.05, 3.63) is 0 Å². The van der Waals surface area contributed by atoms with Crippen molar-refractivity contribution in [1.29, 1.82) is 0 Å². The monoisotopic (exact) mass is 182 g/mol. The topological polar surface area (TPSA) is 17.1 Å². The van der Waals surface area contributed by atoms with E-state index in [2.05, 4.69) is 41.5 Å². The minimum Gasteiger partial charge on any atom is -0.299 e. The summed E-state index contributed by atoms with van der Waals surface area (Å²) in [5.41, 5.74) is 0.208. The summed E-state index contributed by atoms with van der Waals surface area (Å²) in [6.45, 7) is 15.0. The fraction of sp³-hybridized carbons (Fsp3) is 0.917. The maximum atomic E-state index is 11.7. The second kappa shape index (κ2) is 2.37. The van der Waals surface area contributed by atoms with Crippen LogP contribution in [0.2, 0.25) is 0 Å². The van der Waals surface area contributed by atoms with Gasteiger partial charge in [-0.3, -0.25) is 4.79 Å². The van der Waals surface area contributed by atoms with E-state index in [4.69, 9.17) is 0 Å². The highest BCUT2D eigenvalue weighted by atomic mass is 16.1. The molecule has 1 saturated carbocycles. The van der Waals surface area contributed by atoms with Crippen LogP contribution < -0.4 is 0 Å².